The third kappa shape index (κ3) is 4.97. The summed E-state index contributed by atoms with van der Waals surface area (Å²) >= 11 is 6.63. The van der Waals surface area contributed by atoms with Gasteiger partial charge in [-0.2, -0.15) is 5.10 Å². The molecule has 0 unspecified atom stereocenters. The highest BCUT2D eigenvalue weighted by Crippen LogP contribution is 2.39. The zero-order valence-electron chi connectivity index (χ0n) is 20.8. The molecule has 0 spiro atoms. The molecule has 0 aliphatic heterocycles. The van der Waals surface area contributed by atoms with Gasteiger partial charge in [0, 0.05) is 28.9 Å². The number of hydrogen-bond donors (Lipinski definition) is 2. The van der Waals surface area contributed by atoms with Crippen LogP contribution in [0.1, 0.15) is 51.4 Å². The van der Waals surface area contributed by atoms with Crippen LogP contribution in [0.25, 0.3) is 28.0 Å². The molecule has 4 aromatic rings. The average molecular weight is 515 g/mol. The van der Waals surface area contributed by atoms with Crippen LogP contribution < -0.4 is 15.4 Å². The fourth-order valence-electron chi connectivity index (χ4n) is 5.13. The van der Waals surface area contributed by atoms with Gasteiger partial charge in [-0.3, -0.25) is 0 Å². The second-order valence-electron chi connectivity index (χ2n) is 10.7. The largest absolute Gasteiger partial charge is 0.493 e. The van der Waals surface area contributed by atoms with E-state index < -0.39 is 0 Å². The predicted molar refractivity (Wildman–Crippen MR) is 147 cm³/mol. The number of anilines is 2. The highest BCUT2D eigenvalue weighted by Gasteiger charge is 2.26. The molecule has 190 valence electrons. The fourth-order valence-corrected chi connectivity index (χ4v) is 5.34. The van der Waals surface area contributed by atoms with Gasteiger partial charge in [-0.15, -0.1) is 0 Å². The highest BCUT2D eigenvalue weighted by atomic mass is 35.5. The quantitative estimate of drug-likeness (QED) is 0.255. The Balaban J connectivity index is 1.31. The van der Waals surface area contributed by atoms with Crippen LogP contribution in [0.5, 0.6) is 5.75 Å². The fraction of sp³-hybridized carbons (Fsp3) is 0.414. The van der Waals surface area contributed by atoms with Crippen molar-refractivity contribution in [2.75, 3.05) is 17.2 Å². The van der Waals surface area contributed by atoms with Crippen molar-refractivity contribution in [1.29, 1.82) is 0 Å². The Morgan fingerprint density at radius 3 is 2.46 bits per heavy atom. The van der Waals surface area contributed by atoms with Gasteiger partial charge in [0.1, 0.15) is 17.3 Å². The number of nitrogens with one attached hydrogen (secondary N) is 2. The smallest absolute Gasteiger partial charge is 0.223 e. The van der Waals surface area contributed by atoms with Gasteiger partial charge < -0.3 is 15.4 Å². The zero-order chi connectivity index (χ0) is 24.8. The van der Waals surface area contributed by atoms with E-state index in [2.05, 4.69) is 27.8 Å². The molecule has 3 aromatic heterocycles. The van der Waals surface area contributed by atoms with Crippen molar-refractivity contribution in [3.05, 3.63) is 53.7 Å². The summed E-state index contributed by atoms with van der Waals surface area (Å²) in [7, 11) is 0. The Bertz CT molecular complexity index is 1420. The molecule has 3 heterocycles. The van der Waals surface area contributed by atoms with E-state index >= 15 is 0 Å². The van der Waals surface area contributed by atoms with E-state index in [1.807, 2.05) is 41.0 Å². The molecule has 37 heavy (non-hydrogen) atoms. The summed E-state index contributed by atoms with van der Waals surface area (Å²) in [5.41, 5.74) is 4.57. The van der Waals surface area contributed by atoms with Gasteiger partial charge in [0.25, 0.3) is 0 Å². The number of halogens is 1. The molecule has 0 atom stereocenters. The van der Waals surface area contributed by atoms with Crippen LogP contribution in [0.3, 0.4) is 0 Å². The molecule has 3 aliphatic rings. The van der Waals surface area contributed by atoms with Crippen molar-refractivity contribution in [2.45, 2.75) is 63.5 Å². The Morgan fingerprint density at radius 2 is 1.70 bits per heavy atom. The number of pyridine rings is 1. The van der Waals surface area contributed by atoms with Crippen molar-refractivity contribution in [2.24, 2.45) is 5.92 Å². The van der Waals surface area contributed by atoms with E-state index in [1.165, 1.54) is 38.5 Å². The SMILES string of the molecule is Clc1cc(NC2CC2)n2nc(-c3ccc(OCC4CC4)cc3)c(-c3ccnc(NC4CCCC4)n3)c2c1. The van der Waals surface area contributed by atoms with E-state index in [4.69, 9.17) is 26.4 Å². The molecule has 0 radical (unpaired) electrons. The van der Waals surface area contributed by atoms with Crippen molar-refractivity contribution < 1.29 is 4.74 Å². The first kappa shape index (κ1) is 22.8. The number of hydrogen-bond acceptors (Lipinski definition) is 6. The molecule has 1 aromatic carbocycles. The minimum Gasteiger partial charge on any atom is -0.493 e. The maximum Gasteiger partial charge on any atom is 0.223 e. The lowest BCUT2D eigenvalue weighted by atomic mass is 10.0. The first-order chi connectivity index (χ1) is 18.2. The van der Waals surface area contributed by atoms with Crippen molar-refractivity contribution >= 4 is 28.9 Å². The van der Waals surface area contributed by atoms with E-state index in [-0.39, 0.29) is 0 Å². The lowest BCUT2D eigenvalue weighted by Gasteiger charge is -2.12. The van der Waals surface area contributed by atoms with Gasteiger partial charge in [0.05, 0.1) is 23.4 Å². The molecule has 0 amide bonds. The zero-order valence-corrected chi connectivity index (χ0v) is 21.5. The van der Waals surface area contributed by atoms with E-state index in [0.717, 1.165) is 65.0 Å². The Labute approximate surface area is 221 Å². The summed E-state index contributed by atoms with van der Waals surface area (Å²) in [5, 5.41) is 12.9. The first-order valence-electron chi connectivity index (χ1n) is 13.5. The topological polar surface area (TPSA) is 76.4 Å². The third-order valence-electron chi connectivity index (χ3n) is 7.54. The molecule has 2 N–H and O–H groups in total. The van der Waals surface area contributed by atoms with Crippen LogP contribution in [-0.4, -0.2) is 38.3 Å². The Morgan fingerprint density at radius 1 is 0.919 bits per heavy atom. The van der Waals surface area contributed by atoms with Crippen molar-refractivity contribution in [3.63, 3.8) is 0 Å². The summed E-state index contributed by atoms with van der Waals surface area (Å²) in [6.45, 7) is 0.797. The second kappa shape index (κ2) is 9.53. The molecule has 0 bridgehead atoms. The van der Waals surface area contributed by atoms with E-state index in [1.54, 1.807) is 0 Å². The molecule has 3 saturated carbocycles. The average Bonchev–Trinajstić information content (AvgIpc) is 3.82. The molecule has 7 rings (SSSR count). The molecular weight excluding hydrogens is 484 g/mol. The van der Waals surface area contributed by atoms with Gasteiger partial charge in [-0.1, -0.05) is 24.4 Å². The van der Waals surface area contributed by atoms with Crippen LogP contribution in [0.4, 0.5) is 11.8 Å². The summed E-state index contributed by atoms with van der Waals surface area (Å²) in [4.78, 5) is 9.48. The molecule has 8 heteroatoms. The number of ether oxygens (including phenoxy) is 1. The lowest BCUT2D eigenvalue weighted by Crippen LogP contribution is -2.16. The Kier molecular flexibility index (Phi) is 5.88. The van der Waals surface area contributed by atoms with Crippen LogP contribution >= 0.6 is 11.6 Å². The monoisotopic (exact) mass is 514 g/mol. The van der Waals surface area contributed by atoms with Crippen molar-refractivity contribution in [1.82, 2.24) is 19.6 Å². The molecule has 3 fully saturated rings. The predicted octanol–water partition coefficient (Wildman–Crippen LogP) is 6.83. The molecule has 3 aliphatic carbocycles. The summed E-state index contributed by atoms with van der Waals surface area (Å²) in [5.74, 6) is 3.18. The van der Waals surface area contributed by atoms with Gasteiger partial charge in [-0.05, 0) is 86.9 Å². The maximum absolute atomic E-state index is 6.63. The minimum atomic E-state index is 0.436. The Hall–Kier alpha value is -3.32. The maximum atomic E-state index is 6.63. The summed E-state index contributed by atoms with van der Waals surface area (Å²) < 4.78 is 7.95. The standard InChI is InChI=1S/C29H31ClN6O/c30-20-15-25-27(24-13-14-31-29(34-24)33-21-3-1-2-4-21)28(35-36(25)26(16-20)32-22-9-10-22)19-7-11-23(12-8-19)37-17-18-5-6-18/h7-8,11-16,18,21-22,32H,1-6,9-10,17H2,(H,31,33,34). The summed E-state index contributed by atoms with van der Waals surface area (Å²) in [6, 6.07) is 15.0. The van der Waals surface area contributed by atoms with Crippen LogP contribution in [0.15, 0.2) is 48.7 Å². The number of aromatic nitrogens is 4. The lowest BCUT2D eigenvalue weighted by molar-refractivity contribution is 0.300. The van der Waals surface area contributed by atoms with Crippen molar-refractivity contribution in [3.8, 4) is 28.3 Å². The first-order valence-corrected chi connectivity index (χ1v) is 13.9. The van der Waals surface area contributed by atoms with Gasteiger partial charge in [0.15, 0.2) is 0 Å². The van der Waals surface area contributed by atoms with Gasteiger partial charge in [0.2, 0.25) is 5.95 Å². The van der Waals surface area contributed by atoms with E-state index in [9.17, 15) is 0 Å². The third-order valence-corrected chi connectivity index (χ3v) is 7.76. The van der Waals surface area contributed by atoms with Crippen LogP contribution in [-0.2, 0) is 0 Å². The van der Waals surface area contributed by atoms with Gasteiger partial charge >= 0.3 is 0 Å². The normalized spacial score (nSPS) is 17.9. The number of benzene rings is 1. The number of nitrogens with zero attached hydrogens (tertiary/aromatic N) is 4. The number of rotatable bonds is 9. The molecule has 0 saturated heterocycles. The van der Waals surface area contributed by atoms with Crippen LogP contribution in [0.2, 0.25) is 5.02 Å². The van der Waals surface area contributed by atoms with Gasteiger partial charge in [-0.25, -0.2) is 14.5 Å². The highest BCUT2D eigenvalue weighted by molar-refractivity contribution is 6.31. The molecule has 7 nitrogen and oxygen atoms in total. The second-order valence-corrected chi connectivity index (χ2v) is 11.1. The van der Waals surface area contributed by atoms with E-state index in [0.29, 0.717) is 23.1 Å². The van der Waals surface area contributed by atoms with Crippen LogP contribution in [0, 0.1) is 5.92 Å². The number of fused-ring (bicyclic) bond motifs is 1. The summed E-state index contributed by atoms with van der Waals surface area (Å²) in [6.07, 6.45) is 11.6. The minimum absolute atomic E-state index is 0.436. The molecular formula is C29H31ClN6O.